The summed E-state index contributed by atoms with van der Waals surface area (Å²) in [6.07, 6.45) is 3.33. The van der Waals surface area contributed by atoms with Gasteiger partial charge in [0.15, 0.2) is 5.78 Å². The van der Waals surface area contributed by atoms with Gasteiger partial charge in [0.1, 0.15) is 0 Å². The molecule has 26 heavy (non-hydrogen) atoms. The van der Waals surface area contributed by atoms with E-state index in [0.717, 1.165) is 46.9 Å². The summed E-state index contributed by atoms with van der Waals surface area (Å²) in [5.41, 5.74) is 2.24. The largest absolute Gasteiger partial charge is 0.346 e. The van der Waals surface area contributed by atoms with Crippen molar-refractivity contribution in [1.29, 1.82) is 0 Å². The number of hydrogen-bond donors (Lipinski definition) is 0. The molecule has 1 saturated carbocycles. The molecule has 1 aromatic rings. The molecule has 0 N–H and O–H groups in total. The van der Waals surface area contributed by atoms with Crippen LogP contribution in [0.4, 0.5) is 4.79 Å². The zero-order valence-corrected chi connectivity index (χ0v) is 15.7. The van der Waals surface area contributed by atoms with Crippen LogP contribution in [0.2, 0.25) is 0 Å². The fraction of sp³-hybridized carbons (Fsp3) is 0.579. The minimum absolute atomic E-state index is 0.200. The smallest absolute Gasteiger partial charge is 0.334 e. The number of carbonyl (C=O) groups excluding carboxylic acids is 4. The number of aromatic nitrogens is 1. The molecule has 2 heterocycles. The summed E-state index contributed by atoms with van der Waals surface area (Å²) in [7, 11) is 0. The number of hydrogen-bond acceptors (Lipinski definition) is 4. The minimum atomic E-state index is -0.895. The molecule has 4 amide bonds. The first-order valence-corrected chi connectivity index (χ1v) is 9.14. The van der Waals surface area contributed by atoms with E-state index >= 15 is 0 Å². The van der Waals surface area contributed by atoms with Gasteiger partial charge in [-0.2, -0.15) is 0 Å². The van der Waals surface area contributed by atoms with Crippen molar-refractivity contribution in [2.45, 2.75) is 65.5 Å². The van der Waals surface area contributed by atoms with Crippen molar-refractivity contribution in [3.8, 4) is 0 Å². The van der Waals surface area contributed by atoms with Gasteiger partial charge in [0.2, 0.25) is 0 Å². The maximum atomic E-state index is 12.7. The number of rotatable bonds is 5. The zero-order chi connectivity index (χ0) is 19.2. The Hall–Kier alpha value is -2.44. The Balaban J connectivity index is 1.81. The molecule has 1 aromatic heterocycles. The number of nitrogens with zero attached hydrogens (tertiary/aromatic N) is 3. The van der Waals surface area contributed by atoms with Gasteiger partial charge < -0.3 is 4.57 Å². The number of aryl methyl sites for hydroxylation is 1. The van der Waals surface area contributed by atoms with Gasteiger partial charge in [-0.3, -0.25) is 19.3 Å². The van der Waals surface area contributed by atoms with Crippen LogP contribution in [0.3, 0.4) is 0 Å². The Morgan fingerprint density at radius 2 is 1.73 bits per heavy atom. The highest BCUT2D eigenvalue weighted by atomic mass is 16.2. The van der Waals surface area contributed by atoms with Crippen LogP contribution in [0, 0.1) is 13.8 Å². The Kier molecular flexibility index (Phi) is 4.73. The van der Waals surface area contributed by atoms with Gasteiger partial charge in [0.25, 0.3) is 0 Å². The monoisotopic (exact) mass is 359 g/mol. The molecular weight excluding hydrogens is 334 g/mol. The number of Topliss-reactive ketones (excluding diaryl/α,β-unsaturated/α-hetero) is 1. The third-order valence-electron chi connectivity index (χ3n) is 5.38. The molecule has 0 unspecified atom stereocenters. The molecule has 1 saturated heterocycles. The predicted octanol–water partition coefficient (Wildman–Crippen LogP) is 2.60. The van der Waals surface area contributed by atoms with E-state index in [9.17, 15) is 19.2 Å². The van der Waals surface area contributed by atoms with Gasteiger partial charge in [0.05, 0.1) is 6.54 Å². The second kappa shape index (κ2) is 6.70. The molecule has 7 heteroatoms. The summed E-state index contributed by atoms with van der Waals surface area (Å²) in [4.78, 5) is 51.7. The van der Waals surface area contributed by atoms with Crippen molar-refractivity contribution in [1.82, 2.24) is 14.4 Å². The fourth-order valence-electron chi connectivity index (χ4n) is 4.23. The van der Waals surface area contributed by atoms with Gasteiger partial charge in [-0.25, -0.2) is 9.69 Å². The standard InChI is InChI=1S/C19H25N3O4/c1-11(2)21-12(3)9-15(13(21)4)16(23)10-20-17(24)18(25)22(19(20)26)14-7-5-6-8-14/h9,11,14H,5-8,10H2,1-4H3. The summed E-state index contributed by atoms with van der Waals surface area (Å²) in [6.45, 7) is 7.43. The van der Waals surface area contributed by atoms with Crippen LogP contribution in [0.15, 0.2) is 6.07 Å². The summed E-state index contributed by atoms with van der Waals surface area (Å²) in [5.74, 6) is -2.02. The number of imide groups is 2. The molecule has 0 atom stereocenters. The van der Waals surface area contributed by atoms with Crippen molar-refractivity contribution < 1.29 is 19.2 Å². The van der Waals surface area contributed by atoms with Gasteiger partial charge in [-0.1, -0.05) is 12.8 Å². The van der Waals surface area contributed by atoms with E-state index in [1.807, 2.05) is 32.3 Å². The van der Waals surface area contributed by atoms with Crippen molar-refractivity contribution in [2.75, 3.05) is 6.54 Å². The second-order valence-corrected chi connectivity index (χ2v) is 7.46. The lowest BCUT2D eigenvalue weighted by molar-refractivity contribution is -0.143. The summed E-state index contributed by atoms with van der Waals surface area (Å²) in [6, 6.07) is 1.10. The lowest BCUT2D eigenvalue weighted by Crippen LogP contribution is -2.41. The minimum Gasteiger partial charge on any atom is -0.346 e. The van der Waals surface area contributed by atoms with Crippen LogP contribution in [-0.4, -0.2) is 50.6 Å². The number of carbonyl (C=O) groups is 4. The van der Waals surface area contributed by atoms with Crippen molar-refractivity contribution in [3.63, 3.8) is 0 Å². The number of urea groups is 1. The SMILES string of the molecule is Cc1cc(C(=O)CN2C(=O)C(=O)N(C3CCCC3)C2=O)c(C)n1C(C)C. The van der Waals surface area contributed by atoms with Gasteiger partial charge >= 0.3 is 17.8 Å². The van der Waals surface area contributed by atoms with Gasteiger partial charge in [-0.05, 0) is 46.6 Å². The van der Waals surface area contributed by atoms with Gasteiger partial charge in [0, 0.05) is 29.0 Å². The van der Waals surface area contributed by atoms with Crippen LogP contribution < -0.4 is 0 Å². The molecule has 1 aliphatic heterocycles. The van der Waals surface area contributed by atoms with E-state index in [1.54, 1.807) is 6.07 Å². The molecule has 7 nitrogen and oxygen atoms in total. The van der Waals surface area contributed by atoms with E-state index < -0.39 is 24.4 Å². The highest BCUT2D eigenvalue weighted by Crippen LogP contribution is 2.28. The van der Waals surface area contributed by atoms with E-state index in [0.29, 0.717) is 5.56 Å². The van der Waals surface area contributed by atoms with Crippen molar-refractivity contribution >= 4 is 23.6 Å². The molecule has 0 radical (unpaired) electrons. The molecule has 2 aliphatic rings. The van der Waals surface area contributed by atoms with Crippen LogP contribution >= 0.6 is 0 Å². The fourth-order valence-corrected chi connectivity index (χ4v) is 4.23. The van der Waals surface area contributed by atoms with E-state index in [1.165, 1.54) is 0 Å². The zero-order valence-electron chi connectivity index (χ0n) is 15.7. The second-order valence-electron chi connectivity index (χ2n) is 7.46. The third-order valence-corrected chi connectivity index (χ3v) is 5.38. The topological polar surface area (TPSA) is 79.7 Å². The van der Waals surface area contributed by atoms with Crippen LogP contribution in [0.1, 0.15) is 67.3 Å². The van der Waals surface area contributed by atoms with Crippen molar-refractivity contribution in [3.05, 3.63) is 23.0 Å². The normalized spacial score (nSPS) is 18.7. The van der Waals surface area contributed by atoms with Crippen LogP contribution in [0.5, 0.6) is 0 Å². The highest BCUT2D eigenvalue weighted by Gasteiger charge is 2.48. The Morgan fingerprint density at radius 1 is 1.12 bits per heavy atom. The maximum absolute atomic E-state index is 12.7. The van der Waals surface area contributed by atoms with E-state index in [2.05, 4.69) is 0 Å². The quantitative estimate of drug-likeness (QED) is 0.460. The average Bonchev–Trinajstić information content (AvgIpc) is 3.23. The molecule has 0 spiro atoms. The molecule has 2 fully saturated rings. The third kappa shape index (κ3) is 2.85. The molecule has 140 valence electrons. The van der Waals surface area contributed by atoms with E-state index in [-0.39, 0.29) is 17.9 Å². The molecule has 0 aromatic carbocycles. The maximum Gasteiger partial charge on any atom is 0.334 e. The van der Waals surface area contributed by atoms with Crippen LogP contribution in [0.25, 0.3) is 0 Å². The first kappa shape index (κ1) is 18.4. The Bertz CT molecular complexity index is 787. The van der Waals surface area contributed by atoms with Crippen molar-refractivity contribution in [2.24, 2.45) is 0 Å². The number of ketones is 1. The van der Waals surface area contributed by atoms with Gasteiger partial charge in [-0.15, -0.1) is 0 Å². The molecule has 1 aliphatic carbocycles. The van der Waals surface area contributed by atoms with Crippen LogP contribution in [-0.2, 0) is 9.59 Å². The molecule has 3 rings (SSSR count). The first-order chi connectivity index (χ1) is 12.2. The Morgan fingerprint density at radius 3 is 2.27 bits per heavy atom. The van der Waals surface area contributed by atoms with E-state index in [4.69, 9.17) is 0 Å². The average molecular weight is 359 g/mol. The first-order valence-electron chi connectivity index (χ1n) is 9.14. The highest BCUT2D eigenvalue weighted by molar-refractivity contribution is 6.45. The Labute approximate surface area is 152 Å². The summed E-state index contributed by atoms with van der Waals surface area (Å²) in [5, 5.41) is 0. The molecule has 0 bridgehead atoms. The number of amides is 4. The molecular formula is C19H25N3O4. The summed E-state index contributed by atoms with van der Waals surface area (Å²) < 4.78 is 2.04. The lowest BCUT2D eigenvalue weighted by Gasteiger charge is -2.20. The predicted molar refractivity (Wildman–Crippen MR) is 94.8 cm³/mol. The summed E-state index contributed by atoms with van der Waals surface area (Å²) >= 11 is 0. The lowest BCUT2D eigenvalue weighted by atomic mass is 10.1.